The van der Waals surface area contributed by atoms with Crippen LogP contribution in [0, 0.1) is 0 Å². The van der Waals surface area contributed by atoms with Crippen LogP contribution >= 0.6 is 0 Å². The fourth-order valence-corrected chi connectivity index (χ4v) is 2.47. The monoisotopic (exact) mass is 274 g/mol. The molecule has 0 amide bonds. The number of benzene rings is 1. The number of fused-ring (bicyclic) bond motifs is 1. The van der Waals surface area contributed by atoms with Crippen molar-refractivity contribution in [2.75, 3.05) is 13.2 Å². The molecule has 0 fully saturated rings. The van der Waals surface area contributed by atoms with E-state index in [-0.39, 0.29) is 0 Å². The molecule has 0 spiro atoms. The van der Waals surface area contributed by atoms with Gasteiger partial charge < -0.3 is 14.6 Å². The summed E-state index contributed by atoms with van der Waals surface area (Å²) in [6.07, 6.45) is 3.25. The molecule has 0 bridgehead atoms. The molecule has 1 heterocycles. The Morgan fingerprint density at radius 2 is 2.10 bits per heavy atom. The Kier molecular flexibility index (Phi) is 5.62. The van der Waals surface area contributed by atoms with Crippen molar-refractivity contribution >= 4 is 10.9 Å². The fourth-order valence-electron chi connectivity index (χ4n) is 2.47. The molecule has 3 nitrogen and oxygen atoms in total. The first kappa shape index (κ1) is 15.1. The lowest BCUT2D eigenvalue weighted by Crippen LogP contribution is -2.22. The molecule has 0 saturated carbocycles. The van der Waals surface area contributed by atoms with Crippen molar-refractivity contribution in [3.05, 3.63) is 36.0 Å². The molecule has 0 saturated heterocycles. The largest absolute Gasteiger partial charge is 0.382 e. The topological polar surface area (TPSA) is 26.2 Å². The number of aromatic nitrogens is 1. The van der Waals surface area contributed by atoms with Crippen LogP contribution in [0.2, 0.25) is 0 Å². The van der Waals surface area contributed by atoms with Gasteiger partial charge in [-0.15, -0.1) is 0 Å². The van der Waals surface area contributed by atoms with E-state index in [4.69, 9.17) is 4.74 Å². The number of ether oxygens (including phenoxy) is 1. The Morgan fingerprint density at radius 3 is 2.85 bits per heavy atom. The van der Waals surface area contributed by atoms with Gasteiger partial charge in [0.25, 0.3) is 0 Å². The molecule has 1 aromatic carbocycles. The first-order valence-corrected chi connectivity index (χ1v) is 7.60. The lowest BCUT2D eigenvalue weighted by Gasteiger charge is -2.12. The molecule has 0 unspecified atom stereocenters. The Morgan fingerprint density at radius 1 is 1.25 bits per heavy atom. The van der Waals surface area contributed by atoms with Gasteiger partial charge in [-0.25, -0.2) is 0 Å². The maximum absolute atomic E-state index is 5.43. The average molecular weight is 274 g/mol. The Labute approximate surface area is 121 Å². The zero-order valence-corrected chi connectivity index (χ0v) is 12.9. The number of aryl methyl sites for hydroxylation is 1. The fraction of sp³-hybridized carbons (Fsp3) is 0.529. The Hall–Kier alpha value is -1.32. The maximum Gasteiger partial charge on any atom is 0.0525 e. The van der Waals surface area contributed by atoms with Crippen molar-refractivity contribution < 1.29 is 4.74 Å². The van der Waals surface area contributed by atoms with Gasteiger partial charge in [-0.3, -0.25) is 0 Å². The van der Waals surface area contributed by atoms with Gasteiger partial charge in [-0.05, 0) is 30.4 Å². The van der Waals surface area contributed by atoms with E-state index in [1.807, 2.05) is 6.92 Å². The van der Waals surface area contributed by atoms with Crippen LogP contribution in [0.1, 0.15) is 32.8 Å². The van der Waals surface area contributed by atoms with Crippen LogP contribution < -0.4 is 5.32 Å². The molecule has 2 rings (SSSR count). The molecule has 0 aliphatic carbocycles. The molecular weight excluding hydrogens is 248 g/mol. The number of nitrogens with zero attached hydrogens (tertiary/aromatic N) is 1. The standard InChI is InChI=1S/C17H26N2O/c1-4-20-12-6-10-19-11-9-15-7-5-8-16(17(15)19)13-18-14(2)3/h5,7-9,11,14,18H,4,6,10,12-13H2,1-3H3. The quantitative estimate of drug-likeness (QED) is 0.745. The molecule has 0 atom stereocenters. The minimum atomic E-state index is 0.506. The predicted octanol–water partition coefficient (Wildman–Crippen LogP) is 3.57. The van der Waals surface area contributed by atoms with Crippen molar-refractivity contribution in [2.24, 2.45) is 0 Å². The maximum atomic E-state index is 5.43. The molecule has 0 aliphatic heterocycles. The van der Waals surface area contributed by atoms with E-state index in [2.05, 4.69) is 54.2 Å². The number of rotatable bonds is 8. The molecular formula is C17H26N2O. The summed E-state index contributed by atoms with van der Waals surface area (Å²) in [7, 11) is 0. The van der Waals surface area contributed by atoms with Crippen LogP contribution in [0.5, 0.6) is 0 Å². The van der Waals surface area contributed by atoms with Crippen molar-refractivity contribution in [1.29, 1.82) is 0 Å². The number of nitrogens with one attached hydrogen (secondary N) is 1. The van der Waals surface area contributed by atoms with Gasteiger partial charge in [-0.2, -0.15) is 0 Å². The highest BCUT2D eigenvalue weighted by atomic mass is 16.5. The summed E-state index contributed by atoms with van der Waals surface area (Å²) in [5, 5.41) is 4.83. The first-order valence-electron chi connectivity index (χ1n) is 7.60. The summed E-state index contributed by atoms with van der Waals surface area (Å²) >= 11 is 0. The van der Waals surface area contributed by atoms with Crippen LogP contribution in [0.25, 0.3) is 10.9 Å². The van der Waals surface area contributed by atoms with E-state index in [1.165, 1.54) is 16.5 Å². The van der Waals surface area contributed by atoms with Crippen molar-refractivity contribution in [2.45, 2.75) is 46.3 Å². The molecule has 0 radical (unpaired) electrons. The van der Waals surface area contributed by atoms with Crippen molar-refractivity contribution in [3.8, 4) is 0 Å². The van der Waals surface area contributed by atoms with E-state index in [0.29, 0.717) is 6.04 Å². The van der Waals surface area contributed by atoms with E-state index >= 15 is 0 Å². The van der Waals surface area contributed by atoms with Crippen LogP contribution in [0.4, 0.5) is 0 Å². The smallest absolute Gasteiger partial charge is 0.0525 e. The normalized spacial score (nSPS) is 11.6. The molecule has 0 aliphatic rings. The Bertz CT molecular complexity index is 531. The van der Waals surface area contributed by atoms with E-state index in [9.17, 15) is 0 Å². The zero-order valence-electron chi connectivity index (χ0n) is 12.9. The first-order chi connectivity index (χ1) is 9.72. The molecule has 1 aromatic heterocycles. The molecule has 1 N–H and O–H groups in total. The second kappa shape index (κ2) is 7.46. The summed E-state index contributed by atoms with van der Waals surface area (Å²) in [5.41, 5.74) is 2.73. The van der Waals surface area contributed by atoms with E-state index in [0.717, 1.165) is 32.7 Å². The number of hydrogen-bond donors (Lipinski definition) is 1. The third kappa shape index (κ3) is 3.84. The van der Waals surface area contributed by atoms with Crippen molar-refractivity contribution in [3.63, 3.8) is 0 Å². The molecule has 20 heavy (non-hydrogen) atoms. The van der Waals surface area contributed by atoms with Gasteiger partial charge in [0.1, 0.15) is 0 Å². The van der Waals surface area contributed by atoms with Gasteiger partial charge >= 0.3 is 0 Å². The van der Waals surface area contributed by atoms with Gasteiger partial charge in [0.05, 0.1) is 5.52 Å². The second-order valence-electron chi connectivity index (χ2n) is 5.45. The number of para-hydroxylation sites is 1. The summed E-state index contributed by atoms with van der Waals surface area (Å²) in [4.78, 5) is 0. The highest BCUT2D eigenvalue weighted by Crippen LogP contribution is 2.21. The van der Waals surface area contributed by atoms with Crippen LogP contribution in [0.3, 0.4) is 0 Å². The summed E-state index contributed by atoms with van der Waals surface area (Å²) in [5.74, 6) is 0. The lowest BCUT2D eigenvalue weighted by atomic mass is 10.1. The van der Waals surface area contributed by atoms with Gasteiger partial charge in [0, 0.05) is 38.5 Å². The van der Waals surface area contributed by atoms with Gasteiger partial charge in [-0.1, -0.05) is 32.0 Å². The van der Waals surface area contributed by atoms with Gasteiger partial charge in [0.2, 0.25) is 0 Å². The van der Waals surface area contributed by atoms with Gasteiger partial charge in [0.15, 0.2) is 0 Å². The Balaban J connectivity index is 2.13. The third-order valence-electron chi connectivity index (χ3n) is 3.46. The second-order valence-corrected chi connectivity index (χ2v) is 5.45. The van der Waals surface area contributed by atoms with Crippen LogP contribution in [0.15, 0.2) is 30.5 Å². The SMILES string of the molecule is CCOCCCn1ccc2cccc(CNC(C)C)c21. The minimum Gasteiger partial charge on any atom is -0.382 e. The summed E-state index contributed by atoms with van der Waals surface area (Å²) < 4.78 is 7.78. The van der Waals surface area contributed by atoms with Crippen LogP contribution in [-0.2, 0) is 17.8 Å². The summed E-state index contributed by atoms with van der Waals surface area (Å²) in [6.45, 7) is 9.98. The molecule has 110 valence electrons. The molecule has 3 heteroatoms. The zero-order chi connectivity index (χ0) is 14.4. The van der Waals surface area contributed by atoms with E-state index in [1.54, 1.807) is 0 Å². The highest BCUT2D eigenvalue weighted by Gasteiger charge is 2.06. The average Bonchev–Trinajstić information content (AvgIpc) is 2.85. The van der Waals surface area contributed by atoms with E-state index < -0.39 is 0 Å². The van der Waals surface area contributed by atoms with Crippen molar-refractivity contribution in [1.82, 2.24) is 9.88 Å². The summed E-state index contributed by atoms with van der Waals surface area (Å²) in [6, 6.07) is 9.26. The number of hydrogen-bond acceptors (Lipinski definition) is 2. The third-order valence-corrected chi connectivity index (χ3v) is 3.46. The minimum absolute atomic E-state index is 0.506. The lowest BCUT2D eigenvalue weighted by molar-refractivity contribution is 0.142. The highest BCUT2D eigenvalue weighted by molar-refractivity contribution is 5.83. The molecule has 2 aromatic rings. The van der Waals surface area contributed by atoms with Crippen LogP contribution in [-0.4, -0.2) is 23.8 Å². The predicted molar refractivity (Wildman–Crippen MR) is 85.0 cm³/mol.